The number of benzene rings is 5. The standard InChI is InChI=1S/C32H26N2O2/c1-34(29-19-7-5-15-25(29)27-17-10-20-30(35-2)32(27)36-3)28-18-6-4-14-24(28)26-16-9-12-22-11-8-13-23(21-33)31(22)26/h4-20H,1-3H3. The number of hydrogen-bond acceptors (Lipinski definition) is 4. The molecule has 0 spiro atoms. The summed E-state index contributed by atoms with van der Waals surface area (Å²) in [6.07, 6.45) is 0. The van der Waals surface area contributed by atoms with Gasteiger partial charge >= 0.3 is 0 Å². The summed E-state index contributed by atoms with van der Waals surface area (Å²) in [4.78, 5) is 2.19. The third-order valence-corrected chi connectivity index (χ3v) is 6.54. The van der Waals surface area contributed by atoms with Gasteiger partial charge in [-0.3, -0.25) is 0 Å². The van der Waals surface area contributed by atoms with E-state index in [0.717, 1.165) is 44.4 Å². The Morgan fingerprint density at radius 1 is 0.611 bits per heavy atom. The molecule has 176 valence electrons. The Kier molecular flexibility index (Phi) is 6.30. The molecular weight excluding hydrogens is 444 g/mol. The van der Waals surface area contributed by atoms with Crippen LogP contribution in [-0.4, -0.2) is 21.3 Å². The summed E-state index contributed by atoms with van der Waals surface area (Å²) in [6, 6.07) is 36.9. The molecule has 0 aliphatic heterocycles. The molecule has 0 saturated heterocycles. The number of nitriles is 1. The van der Waals surface area contributed by atoms with Gasteiger partial charge in [0.15, 0.2) is 11.5 Å². The Morgan fingerprint density at radius 2 is 1.17 bits per heavy atom. The lowest BCUT2D eigenvalue weighted by atomic mass is 9.93. The van der Waals surface area contributed by atoms with Gasteiger partial charge in [0.05, 0.1) is 25.9 Å². The normalized spacial score (nSPS) is 10.6. The van der Waals surface area contributed by atoms with Crippen LogP contribution in [0.15, 0.2) is 103 Å². The van der Waals surface area contributed by atoms with E-state index in [1.165, 1.54) is 0 Å². The number of ether oxygens (including phenoxy) is 2. The summed E-state index contributed by atoms with van der Waals surface area (Å²) in [5.41, 5.74) is 6.80. The predicted octanol–water partition coefficient (Wildman–Crippen LogP) is 7.83. The van der Waals surface area contributed by atoms with Crippen LogP contribution in [-0.2, 0) is 0 Å². The molecule has 4 heteroatoms. The molecule has 5 aromatic carbocycles. The monoisotopic (exact) mass is 470 g/mol. The summed E-state index contributed by atoms with van der Waals surface area (Å²) >= 11 is 0. The van der Waals surface area contributed by atoms with Gasteiger partial charge in [-0.1, -0.05) is 78.9 Å². The molecule has 0 heterocycles. The first kappa shape index (κ1) is 23.0. The fourth-order valence-corrected chi connectivity index (χ4v) is 4.88. The van der Waals surface area contributed by atoms with Crippen LogP contribution in [0.1, 0.15) is 5.56 Å². The molecular formula is C32H26N2O2. The topological polar surface area (TPSA) is 45.5 Å². The molecule has 4 nitrogen and oxygen atoms in total. The first-order valence-corrected chi connectivity index (χ1v) is 11.7. The minimum absolute atomic E-state index is 0.669. The van der Waals surface area contributed by atoms with Crippen LogP contribution < -0.4 is 14.4 Å². The maximum absolute atomic E-state index is 9.84. The van der Waals surface area contributed by atoms with Crippen molar-refractivity contribution >= 4 is 22.1 Å². The zero-order valence-corrected chi connectivity index (χ0v) is 20.5. The molecule has 0 atom stereocenters. The summed E-state index contributed by atoms with van der Waals surface area (Å²) in [5.74, 6) is 1.38. The minimum atomic E-state index is 0.669. The lowest BCUT2D eigenvalue weighted by Gasteiger charge is -2.26. The Balaban J connectivity index is 1.71. The summed E-state index contributed by atoms with van der Waals surface area (Å²) in [7, 11) is 5.38. The van der Waals surface area contributed by atoms with Gasteiger partial charge in [0.1, 0.15) is 0 Å². The van der Waals surface area contributed by atoms with Crippen molar-refractivity contribution in [3.63, 3.8) is 0 Å². The van der Waals surface area contributed by atoms with Gasteiger partial charge in [0.25, 0.3) is 0 Å². The third-order valence-electron chi connectivity index (χ3n) is 6.54. The highest BCUT2D eigenvalue weighted by molar-refractivity contribution is 6.03. The Morgan fingerprint density at radius 3 is 1.81 bits per heavy atom. The van der Waals surface area contributed by atoms with Gasteiger partial charge in [0, 0.05) is 40.5 Å². The van der Waals surface area contributed by atoms with E-state index >= 15 is 0 Å². The van der Waals surface area contributed by atoms with Crippen molar-refractivity contribution in [2.75, 3.05) is 26.2 Å². The second-order valence-corrected chi connectivity index (χ2v) is 8.46. The predicted molar refractivity (Wildman–Crippen MR) is 147 cm³/mol. The van der Waals surface area contributed by atoms with Crippen LogP contribution in [0.4, 0.5) is 11.4 Å². The van der Waals surface area contributed by atoms with Crippen molar-refractivity contribution in [3.05, 3.63) is 109 Å². The van der Waals surface area contributed by atoms with E-state index in [9.17, 15) is 5.26 Å². The zero-order chi connectivity index (χ0) is 25.1. The molecule has 0 bridgehead atoms. The lowest BCUT2D eigenvalue weighted by molar-refractivity contribution is 0.356. The van der Waals surface area contributed by atoms with E-state index in [2.05, 4.69) is 60.5 Å². The van der Waals surface area contributed by atoms with Crippen molar-refractivity contribution in [3.8, 4) is 39.8 Å². The van der Waals surface area contributed by atoms with Gasteiger partial charge in [-0.2, -0.15) is 5.26 Å². The van der Waals surface area contributed by atoms with Gasteiger partial charge in [-0.05, 0) is 35.2 Å². The van der Waals surface area contributed by atoms with Crippen LogP contribution in [0.3, 0.4) is 0 Å². The molecule has 0 unspecified atom stereocenters. The van der Waals surface area contributed by atoms with Gasteiger partial charge in [0.2, 0.25) is 0 Å². The number of anilines is 2. The highest BCUT2D eigenvalue weighted by atomic mass is 16.5. The van der Waals surface area contributed by atoms with E-state index in [-0.39, 0.29) is 0 Å². The maximum Gasteiger partial charge on any atom is 0.168 e. The first-order valence-electron chi connectivity index (χ1n) is 11.7. The van der Waals surface area contributed by atoms with Crippen molar-refractivity contribution < 1.29 is 9.47 Å². The van der Waals surface area contributed by atoms with Crippen molar-refractivity contribution in [1.29, 1.82) is 5.26 Å². The van der Waals surface area contributed by atoms with Crippen LogP contribution in [0, 0.1) is 11.3 Å². The van der Waals surface area contributed by atoms with Gasteiger partial charge < -0.3 is 14.4 Å². The van der Waals surface area contributed by atoms with Gasteiger partial charge in [-0.25, -0.2) is 0 Å². The molecule has 5 rings (SSSR count). The average Bonchev–Trinajstić information content (AvgIpc) is 2.95. The van der Waals surface area contributed by atoms with Crippen LogP contribution in [0.2, 0.25) is 0 Å². The summed E-state index contributed by atoms with van der Waals surface area (Å²) in [6.45, 7) is 0. The molecule has 0 N–H and O–H groups in total. The number of nitrogens with zero attached hydrogens (tertiary/aromatic N) is 2. The molecule has 0 aromatic heterocycles. The number of methoxy groups -OCH3 is 2. The fraction of sp³-hybridized carbons (Fsp3) is 0.0938. The van der Waals surface area contributed by atoms with Crippen molar-refractivity contribution in [1.82, 2.24) is 0 Å². The number of hydrogen-bond donors (Lipinski definition) is 0. The van der Waals surface area contributed by atoms with Gasteiger partial charge in [-0.15, -0.1) is 0 Å². The minimum Gasteiger partial charge on any atom is -0.493 e. The molecule has 0 saturated carbocycles. The quantitative estimate of drug-likeness (QED) is 0.254. The largest absolute Gasteiger partial charge is 0.493 e. The van der Waals surface area contributed by atoms with E-state index < -0.39 is 0 Å². The fourth-order valence-electron chi connectivity index (χ4n) is 4.88. The number of fused-ring (bicyclic) bond motifs is 1. The molecule has 0 aliphatic rings. The second-order valence-electron chi connectivity index (χ2n) is 8.46. The molecule has 0 fully saturated rings. The van der Waals surface area contributed by atoms with Crippen molar-refractivity contribution in [2.45, 2.75) is 0 Å². The maximum atomic E-state index is 9.84. The average molecular weight is 471 g/mol. The summed E-state index contributed by atoms with van der Waals surface area (Å²) < 4.78 is 11.3. The highest BCUT2D eigenvalue weighted by Gasteiger charge is 2.19. The van der Waals surface area contributed by atoms with Crippen molar-refractivity contribution in [2.24, 2.45) is 0 Å². The molecule has 36 heavy (non-hydrogen) atoms. The van der Waals surface area contributed by atoms with Crippen LogP contribution >= 0.6 is 0 Å². The molecule has 5 aromatic rings. The van der Waals surface area contributed by atoms with E-state index in [1.807, 2.05) is 60.7 Å². The third kappa shape index (κ3) is 3.91. The first-order chi connectivity index (χ1) is 17.7. The summed E-state index contributed by atoms with van der Waals surface area (Å²) in [5, 5.41) is 11.8. The smallest absolute Gasteiger partial charge is 0.168 e. The number of para-hydroxylation sites is 3. The Labute approximate surface area is 211 Å². The Hall–Kier alpha value is -4.75. The Bertz CT molecular complexity index is 1590. The van der Waals surface area contributed by atoms with E-state index in [0.29, 0.717) is 17.1 Å². The second kappa shape index (κ2) is 9.85. The molecule has 0 amide bonds. The molecule has 0 aliphatic carbocycles. The van der Waals surface area contributed by atoms with E-state index in [4.69, 9.17) is 9.47 Å². The van der Waals surface area contributed by atoms with E-state index in [1.54, 1.807) is 14.2 Å². The SMILES string of the molecule is COc1cccc(-c2ccccc2N(C)c2ccccc2-c2cccc3cccc(C#N)c23)c1OC. The zero-order valence-electron chi connectivity index (χ0n) is 20.5. The number of rotatable bonds is 6. The lowest BCUT2D eigenvalue weighted by Crippen LogP contribution is -2.12. The van der Waals surface area contributed by atoms with Crippen LogP contribution in [0.5, 0.6) is 11.5 Å². The molecule has 0 radical (unpaired) electrons. The highest BCUT2D eigenvalue weighted by Crippen LogP contribution is 2.45. The van der Waals surface area contributed by atoms with Crippen LogP contribution in [0.25, 0.3) is 33.0 Å².